The summed E-state index contributed by atoms with van der Waals surface area (Å²) < 4.78 is 50.1. The van der Waals surface area contributed by atoms with Crippen molar-refractivity contribution >= 4 is 49.2 Å². The number of halogens is 5. The van der Waals surface area contributed by atoms with Gasteiger partial charge in [-0.25, -0.2) is 17.2 Å². The third kappa shape index (κ3) is 4.53. The van der Waals surface area contributed by atoms with Crippen LogP contribution in [0.4, 0.5) is 8.78 Å². The van der Waals surface area contributed by atoms with Crippen LogP contribution in [0, 0.1) is 0 Å². The molecular formula is C10H10BrCl2F2NO2S. The third-order valence-electron chi connectivity index (χ3n) is 2.19. The fourth-order valence-electron chi connectivity index (χ4n) is 1.37. The van der Waals surface area contributed by atoms with Gasteiger partial charge in [-0.2, -0.15) is 4.31 Å². The minimum atomic E-state index is -4.10. The van der Waals surface area contributed by atoms with Gasteiger partial charge in [0.15, 0.2) is 0 Å². The highest BCUT2D eigenvalue weighted by molar-refractivity contribution is 9.09. The van der Waals surface area contributed by atoms with Crippen LogP contribution in [0.2, 0.25) is 10.0 Å². The maximum Gasteiger partial charge on any atom is 0.252 e. The molecule has 19 heavy (non-hydrogen) atoms. The zero-order valence-corrected chi connectivity index (χ0v) is 13.4. The van der Waals surface area contributed by atoms with E-state index in [9.17, 15) is 17.2 Å². The summed E-state index contributed by atoms with van der Waals surface area (Å²) in [7, 11) is -4.10. The molecule has 0 bridgehead atoms. The molecule has 0 aliphatic rings. The van der Waals surface area contributed by atoms with Gasteiger partial charge in [0.25, 0.3) is 6.43 Å². The van der Waals surface area contributed by atoms with Gasteiger partial charge >= 0.3 is 0 Å². The van der Waals surface area contributed by atoms with Crippen molar-refractivity contribution in [3.8, 4) is 0 Å². The molecule has 1 aromatic carbocycles. The summed E-state index contributed by atoms with van der Waals surface area (Å²) in [5.41, 5.74) is 0. The monoisotopic (exact) mass is 395 g/mol. The lowest BCUT2D eigenvalue weighted by molar-refractivity contribution is 0.121. The number of nitrogens with zero attached hydrogens (tertiary/aromatic N) is 1. The van der Waals surface area contributed by atoms with E-state index in [4.69, 9.17) is 23.2 Å². The van der Waals surface area contributed by atoms with Gasteiger partial charge in [-0.3, -0.25) is 0 Å². The molecule has 3 nitrogen and oxygen atoms in total. The van der Waals surface area contributed by atoms with Crippen molar-refractivity contribution in [3.63, 3.8) is 0 Å². The van der Waals surface area contributed by atoms with Crippen LogP contribution < -0.4 is 0 Å². The number of hydrogen-bond acceptors (Lipinski definition) is 2. The highest BCUT2D eigenvalue weighted by atomic mass is 79.9. The maximum absolute atomic E-state index is 12.5. The molecule has 0 atom stereocenters. The van der Waals surface area contributed by atoms with E-state index < -0.39 is 23.0 Å². The molecule has 108 valence electrons. The van der Waals surface area contributed by atoms with Gasteiger partial charge in [0.05, 0.1) is 11.6 Å². The molecule has 0 aromatic heterocycles. The maximum atomic E-state index is 12.5. The Morgan fingerprint density at radius 1 is 1.32 bits per heavy atom. The Labute approximate surface area is 128 Å². The molecule has 0 saturated carbocycles. The summed E-state index contributed by atoms with van der Waals surface area (Å²) in [6, 6.07) is 3.88. The fourth-order valence-corrected chi connectivity index (χ4v) is 4.19. The van der Waals surface area contributed by atoms with Crippen LogP contribution in [0.15, 0.2) is 23.1 Å². The molecule has 1 rings (SSSR count). The number of alkyl halides is 3. The predicted molar refractivity (Wildman–Crippen MR) is 75.0 cm³/mol. The quantitative estimate of drug-likeness (QED) is 0.688. The first-order valence-corrected chi connectivity index (χ1v) is 8.40. The molecule has 0 saturated heterocycles. The first-order valence-electron chi connectivity index (χ1n) is 5.08. The Morgan fingerprint density at radius 2 is 1.95 bits per heavy atom. The standard InChI is InChI=1S/C10H10BrCl2F2NO2S/c11-3-4-16(6-10(14)15)19(17,18)9-5-7(12)1-2-8(9)13/h1-2,5,10H,3-4,6H2. The minimum absolute atomic E-state index is 0.0572. The first kappa shape index (κ1) is 17.1. The molecule has 0 heterocycles. The number of benzene rings is 1. The topological polar surface area (TPSA) is 37.4 Å². The smallest absolute Gasteiger partial charge is 0.209 e. The van der Waals surface area contributed by atoms with E-state index in [0.29, 0.717) is 4.31 Å². The molecule has 0 amide bonds. The van der Waals surface area contributed by atoms with Crippen molar-refractivity contribution in [1.82, 2.24) is 4.31 Å². The Bertz CT molecular complexity index is 542. The average molecular weight is 397 g/mol. The summed E-state index contributed by atoms with van der Waals surface area (Å²) in [5.74, 6) is 0. The van der Waals surface area contributed by atoms with Gasteiger partial charge in [0.1, 0.15) is 4.90 Å². The SMILES string of the molecule is O=S(=O)(c1cc(Cl)ccc1Cl)N(CCBr)CC(F)F. The molecule has 0 aliphatic carbocycles. The van der Waals surface area contributed by atoms with Gasteiger partial charge < -0.3 is 0 Å². The van der Waals surface area contributed by atoms with Gasteiger partial charge in [0.2, 0.25) is 10.0 Å². The summed E-state index contributed by atoms with van der Waals surface area (Å²) in [6.45, 7) is -0.980. The summed E-state index contributed by atoms with van der Waals surface area (Å²) in [4.78, 5) is -0.275. The Balaban J connectivity index is 3.22. The van der Waals surface area contributed by atoms with Gasteiger partial charge in [0, 0.05) is 16.9 Å². The van der Waals surface area contributed by atoms with E-state index in [2.05, 4.69) is 15.9 Å². The number of hydrogen-bond donors (Lipinski definition) is 0. The van der Waals surface area contributed by atoms with Crippen LogP contribution in [-0.2, 0) is 10.0 Å². The zero-order chi connectivity index (χ0) is 14.6. The number of sulfonamides is 1. The lowest BCUT2D eigenvalue weighted by Crippen LogP contribution is -2.36. The van der Waals surface area contributed by atoms with Crippen molar-refractivity contribution < 1.29 is 17.2 Å². The first-order chi connectivity index (χ1) is 8.78. The normalized spacial score (nSPS) is 12.4. The second kappa shape index (κ2) is 7.17. The van der Waals surface area contributed by atoms with Crippen molar-refractivity contribution in [2.45, 2.75) is 11.3 Å². The average Bonchev–Trinajstić information content (AvgIpc) is 2.31. The number of rotatable bonds is 6. The highest BCUT2D eigenvalue weighted by Gasteiger charge is 2.28. The van der Waals surface area contributed by atoms with Crippen LogP contribution in [0.3, 0.4) is 0 Å². The lowest BCUT2D eigenvalue weighted by atomic mass is 10.4. The third-order valence-corrected chi connectivity index (χ3v) is 5.12. The molecule has 0 aliphatic heterocycles. The predicted octanol–water partition coefficient (Wildman–Crippen LogP) is 3.64. The van der Waals surface area contributed by atoms with Gasteiger partial charge in [-0.1, -0.05) is 39.1 Å². The van der Waals surface area contributed by atoms with Crippen LogP contribution in [0.5, 0.6) is 0 Å². The molecule has 0 spiro atoms. The Kier molecular flexibility index (Phi) is 6.46. The van der Waals surface area contributed by atoms with Crippen molar-refractivity contribution in [2.24, 2.45) is 0 Å². The van der Waals surface area contributed by atoms with E-state index in [1.807, 2.05) is 0 Å². The van der Waals surface area contributed by atoms with Crippen LogP contribution in [0.25, 0.3) is 0 Å². The van der Waals surface area contributed by atoms with E-state index in [-0.39, 0.29) is 26.8 Å². The van der Waals surface area contributed by atoms with Crippen LogP contribution >= 0.6 is 39.1 Å². The van der Waals surface area contributed by atoms with Gasteiger partial charge in [-0.05, 0) is 18.2 Å². The van der Waals surface area contributed by atoms with E-state index >= 15 is 0 Å². The Morgan fingerprint density at radius 3 is 2.47 bits per heavy atom. The fraction of sp³-hybridized carbons (Fsp3) is 0.400. The largest absolute Gasteiger partial charge is 0.252 e. The molecule has 0 unspecified atom stereocenters. The van der Waals surface area contributed by atoms with E-state index in [1.165, 1.54) is 12.1 Å². The van der Waals surface area contributed by atoms with Crippen molar-refractivity contribution in [2.75, 3.05) is 18.4 Å². The zero-order valence-electron chi connectivity index (χ0n) is 9.49. The van der Waals surface area contributed by atoms with Crippen molar-refractivity contribution in [3.05, 3.63) is 28.2 Å². The molecule has 0 fully saturated rings. The highest BCUT2D eigenvalue weighted by Crippen LogP contribution is 2.28. The second-order valence-electron chi connectivity index (χ2n) is 3.52. The molecule has 0 radical (unpaired) electrons. The van der Waals surface area contributed by atoms with E-state index in [1.54, 1.807) is 0 Å². The molecule has 0 N–H and O–H groups in total. The van der Waals surface area contributed by atoms with Gasteiger partial charge in [-0.15, -0.1) is 0 Å². The Hall–Kier alpha value is 0.0500. The molecular weight excluding hydrogens is 387 g/mol. The lowest BCUT2D eigenvalue weighted by Gasteiger charge is -2.21. The summed E-state index contributed by atoms with van der Waals surface area (Å²) >= 11 is 14.5. The summed E-state index contributed by atoms with van der Waals surface area (Å²) in [5, 5.41) is 0.342. The van der Waals surface area contributed by atoms with E-state index in [0.717, 1.165) is 6.07 Å². The molecule has 9 heteroatoms. The van der Waals surface area contributed by atoms with Crippen LogP contribution in [-0.4, -0.2) is 37.6 Å². The van der Waals surface area contributed by atoms with Crippen LogP contribution in [0.1, 0.15) is 0 Å². The van der Waals surface area contributed by atoms with Crippen molar-refractivity contribution in [1.29, 1.82) is 0 Å². The summed E-state index contributed by atoms with van der Waals surface area (Å²) in [6.07, 6.45) is -2.77. The minimum Gasteiger partial charge on any atom is -0.209 e. The second-order valence-corrected chi connectivity index (χ2v) is 7.06. The molecule has 1 aromatic rings.